The zero-order valence-electron chi connectivity index (χ0n) is 11.6. The summed E-state index contributed by atoms with van der Waals surface area (Å²) in [6.45, 7) is 2.73. The molecule has 0 spiro atoms. The molecule has 2 unspecified atom stereocenters. The van der Waals surface area contributed by atoms with E-state index in [4.69, 9.17) is 10.8 Å². The summed E-state index contributed by atoms with van der Waals surface area (Å²) in [5, 5.41) is 8.67. The summed E-state index contributed by atoms with van der Waals surface area (Å²) in [7, 11) is 0. The summed E-state index contributed by atoms with van der Waals surface area (Å²) in [6, 6.07) is 7.04. The Morgan fingerprint density at radius 1 is 1.45 bits per heavy atom. The molecular weight excluding hydrogens is 256 g/mol. The van der Waals surface area contributed by atoms with Crippen molar-refractivity contribution in [1.29, 1.82) is 0 Å². The molecule has 1 heterocycles. The van der Waals surface area contributed by atoms with Gasteiger partial charge in [0.15, 0.2) is 0 Å². The number of benzene rings is 1. The fraction of sp³-hybridized carbons (Fsp3) is 0.467. The average molecular weight is 276 g/mol. The maximum atomic E-state index is 12.4. The van der Waals surface area contributed by atoms with Crippen molar-refractivity contribution in [3.8, 4) is 0 Å². The summed E-state index contributed by atoms with van der Waals surface area (Å²) in [4.78, 5) is 24.7. The number of aliphatic carboxylic acids is 1. The third-order valence-electron chi connectivity index (χ3n) is 3.60. The van der Waals surface area contributed by atoms with Gasteiger partial charge in [0.05, 0.1) is 6.04 Å². The highest BCUT2D eigenvalue weighted by Gasteiger charge is 2.29. The zero-order chi connectivity index (χ0) is 14.7. The summed E-state index contributed by atoms with van der Waals surface area (Å²) < 4.78 is 0. The van der Waals surface area contributed by atoms with E-state index in [1.54, 1.807) is 4.90 Å². The number of carbonyl (C=O) groups is 2. The predicted molar refractivity (Wildman–Crippen MR) is 76.5 cm³/mol. The van der Waals surface area contributed by atoms with Crippen LogP contribution in [0.2, 0.25) is 0 Å². The number of rotatable bonds is 4. The number of fused-ring (bicyclic) bond motifs is 1. The van der Waals surface area contributed by atoms with Crippen LogP contribution in [0.15, 0.2) is 24.3 Å². The number of hydrogen-bond acceptors (Lipinski definition) is 3. The highest BCUT2D eigenvalue weighted by molar-refractivity contribution is 5.98. The minimum Gasteiger partial charge on any atom is -0.481 e. The summed E-state index contributed by atoms with van der Waals surface area (Å²) in [5.41, 5.74) is 7.89. The van der Waals surface area contributed by atoms with E-state index in [0.29, 0.717) is 12.5 Å². The van der Waals surface area contributed by atoms with Crippen molar-refractivity contribution >= 4 is 17.6 Å². The highest BCUT2D eigenvalue weighted by atomic mass is 16.4. The topological polar surface area (TPSA) is 83.6 Å². The number of hydrogen-bond donors (Lipinski definition) is 2. The second-order valence-corrected chi connectivity index (χ2v) is 5.43. The lowest BCUT2D eigenvalue weighted by Crippen LogP contribution is -2.48. The Morgan fingerprint density at radius 2 is 2.15 bits per heavy atom. The molecule has 0 aliphatic carbocycles. The van der Waals surface area contributed by atoms with Crippen molar-refractivity contribution in [2.45, 2.75) is 32.2 Å². The van der Waals surface area contributed by atoms with Crippen molar-refractivity contribution in [3.05, 3.63) is 29.8 Å². The first-order valence-corrected chi connectivity index (χ1v) is 6.85. The van der Waals surface area contributed by atoms with Crippen LogP contribution in [0.1, 0.15) is 25.3 Å². The van der Waals surface area contributed by atoms with Crippen LogP contribution in [0.5, 0.6) is 0 Å². The van der Waals surface area contributed by atoms with Crippen LogP contribution in [0.3, 0.4) is 0 Å². The molecule has 1 amide bonds. The van der Waals surface area contributed by atoms with E-state index in [1.165, 1.54) is 0 Å². The maximum Gasteiger partial charge on any atom is 0.303 e. The molecular formula is C15H20N2O3. The molecule has 0 aromatic heterocycles. The van der Waals surface area contributed by atoms with Gasteiger partial charge in [-0.15, -0.1) is 0 Å². The molecule has 108 valence electrons. The second-order valence-electron chi connectivity index (χ2n) is 5.43. The van der Waals surface area contributed by atoms with E-state index in [2.05, 4.69) is 6.92 Å². The summed E-state index contributed by atoms with van der Waals surface area (Å²) in [5.74, 6) is -0.744. The molecule has 1 aromatic rings. The number of carboxylic acid groups (broad SMARTS) is 1. The molecule has 0 fully saturated rings. The van der Waals surface area contributed by atoms with Gasteiger partial charge in [-0.25, -0.2) is 0 Å². The monoisotopic (exact) mass is 276 g/mol. The highest BCUT2D eigenvalue weighted by Crippen LogP contribution is 2.29. The maximum absolute atomic E-state index is 12.4. The number of carboxylic acids is 1. The number of carbonyl (C=O) groups excluding carboxylic acids is 1. The van der Waals surface area contributed by atoms with Gasteiger partial charge in [-0.1, -0.05) is 25.1 Å². The largest absolute Gasteiger partial charge is 0.481 e. The van der Waals surface area contributed by atoms with Gasteiger partial charge in [0.2, 0.25) is 5.91 Å². The lowest BCUT2D eigenvalue weighted by molar-refractivity contribution is -0.137. The number of para-hydroxylation sites is 1. The quantitative estimate of drug-likeness (QED) is 0.870. The molecule has 0 radical (unpaired) electrons. The molecule has 0 saturated carbocycles. The molecule has 0 bridgehead atoms. The molecule has 0 saturated heterocycles. The first-order valence-electron chi connectivity index (χ1n) is 6.85. The van der Waals surface area contributed by atoms with Crippen LogP contribution in [-0.4, -0.2) is 29.6 Å². The fourth-order valence-electron chi connectivity index (χ4n) is 2.61. The Morgan fingerprint density at radius 3 is 2.85 bits per heavy atom. The van der Waals surface area contributed by atoms with Crippen LogP contribution in [0, 0.1) is 5.92 Å². The third kappa shape index (κ3) is 3.17. The minimum absolute atomic E-state index is 0.0854. The van der Waals surface area contributed by atoms with Gasteiger partial charge in [-0.05, 0) is 30.4 Å². The van der Waals surface area contributed by atoms with Crippen LogP contribution in [-0.2, 0) is 16.0 Å². The number of nitrogens with two attached hydrogens (primary N) is 1. The van der Waals surface area contributed by atoms with Crippen molar-refractivity contribution in [2.24, 2.45) is 11.7 Å². The van der Waals surface area contributed by atoms with Crippen LogP contribution >= 0.6 is 0 Å². The standard InChI is InChI=1S/C15H20N2O3/c1-10-8-11-4-2-3-5-13(11)17(9-10)15(20)12(16)6-7-14(18)19/h2-5,10,12H,6-9,16H2,1H3,(H,18,19). The molecule has 5 heteroatoms. The van der Waals surface area contributed by atoms with Gasteiger partial charge in [-0.2, -0.15) is 0 Å². The molecule has 20 heavy (non-hydrogen) atoms. The van der Waals surface area contributed by atoms with E-state index < -0.39 is 12.0 Å². The van der Waals surface area contributed by atoms with Gasteiger partial charge in [0.25, 0.3) is 0 Å². The van der Waals surface area contributed by atoms with E-state index in [0.717, 1.165) is 17.7 Å². The summed E-state index contributed by atoms with van der Waals surface area (Å²) in [6.07, 6.45) is 1.03. The first kappa shape index (κ1) is 14.5. The number of nitrogens with zero attached hydrogens (tertiary/aromatic N) is 1. The van der Waals surface area contributed by atoms with Crippen molar-refractivity contribution < 1.29 is 14.7 Å². The Hall–Kier alpha value is -1.88. The van der Waals surface area contributed by atoms with Gasteiger partial charge in [0, 0.05) is 18.7 Å². The van der Waals surface area contributed by atoms with Crippen molar-refractivity contribution in [1.82, 2.24) is 0 Å². The smallest absolute Gasteiger partial charge is 0.303 e. The van der Waals surface area contributed by atoms with Crippen LogP contribution in [0.4, 0.5) is 5.69 Å². The lowest BCUT2D eigenvalue weighted by atomic mass is 9.93. The molecule has 2 rings (SSSR count). The second kappa shape index (κ2) is 6.05. The van der Waals surface area contributed by atoms with Crippen LogP contribution < -0.4 is 10.6 Å². The van der Waals surface area contributed by atoms with E-state index in [1.807, 2.05) is 24.3 Å². The fourth-order valence-corrected chi connectivity index (χ4v) is 2.61. The number of anilines is 1. The Labute approximate surface area is 118 Å². The van der Waals surface area contributed by atoms with Gasteiger partial charge >= 0.3 is 5.97 Å². The zero-order valence-corrected chi connectivity index (χ0v) is 11.6. The van der Waals surface area contributed by atoms with Gasteiger partial charge in [-0.3, -0.25) is 9.59 Å². The molecule has 2 atom stereocenters. The Bertz CT molecular complexity index is 516. The van der Waals surface area contributed by atoms with Crippen molar-refractivity contribution in [2.75, 3.05) is 11.4 Å². The average Bonchev–Trinajstić information content (AvgIpc) is 2.42. The van der Waals surface area contributed by atoms with Crippen LogP contribution in [0.25, 0.3) is 0 Å². The molecule has 1 aliphatic heterocycles. The van der Waals surface area contributed by atoms with E-state index in [9.17, 15) is 9.59 Å². The Balaban J connectivity index is 2.15. The third-order valence-corrected chi connectivity index (χ3v) is 3.60. The normalized spacial score (nSPS) is 19.3. The Kier molecular flexibility index (Phi) is 4.39. The molecule has 1 aliphatic rings. The summed E-state index contributed by atoms with van der Waals surface area (Å²) >= 11 is 0. The van der Waals surface area contributed by atoms with Crippen molar-refractivity contribution in [3.63, 3.8) is 0 Å². The first-order chi connectivity index (χ1) is 9.49. The van der Waals surface area contributed by atoms with E-state index >= 15 is 0 Å². The lowest BCUT2D eigenvalue weighted by Gasteiger charge is -2.34. The van der Waals surface area contributed by atoms with Gasteiger partial charge < -0.3 is 15.7 Å². The predicted octanol–water partition coefficient (Wildman–Crippen LogP) is 1.40. The molecule has 3 N–H and O–H groups in total. The molecule has 5 nitrogen and oxygen atoms in total. The number of amides is 1. The van der Waals surface area contributed by atoms with Gasteiger partial charge in [0.1, 0.15) is 0 Å². The van der Waals surface area contributed by atoms with E-state index in [-0.39, 0.29) is 18.7 Å². The molecule has 1 aromatic carbocycles. The minimum atomic E-state index is -0.930. The SMILES string of the molecule is CC1Cc2ccccc2N(C(=O)C(N)CCC(=O)O)C1.